The Morgan fingerprint density at radius 3 is 2.52 bits per heavy atom. The predicted octanol–water partition coefficient (Wildman–Crippen LogP) is 5.17. The van der Waals surface area contributed by atoms with Crippen molar-refractivity contribution in [1.29, 1.82) is 0 Å². The molecule has 0 bridgehead atoms. The highest BCUT2D eigenvalue weighted by atomic mass is 32.1. The molecule has 7 heteroatoms. The van der Waals surface area contributed by atoms with E-state index in [2.05, 4.69) is 32.1 Å². The first-order chi connectivity index (χ1) is 13.0. The van der Waals surface area contributed by atoms with Crippen LogP contribution < -0.4 is 5.32 Å². The van der Waals surface area contributed by atoms with Gasteiger partial charge in [0.2, 0.25) is 0 Å². The summed E-state index contributed by atoms with van der Waals surface area (Å²) in [4.78, 5) is 25.0. The number of aromatic nitrogens is 2. The Labute approximate surface area is 165 Å². The second kappa shape index (κ2) is 7.09. The third kappa shape index (κ3) is 3.43. The highest BCUT2D eigenvalue weighted by Gasteiger charge is 2.15. The lowest BCUT2D eigenvalue weighted by Crippen LogP contribution is -2.21. The Balaban J connectivity index is 1.73. The molecular weight excluding hydrogens is 376 g/mol. The van der Waals surface area contributed by atoms with E-state index in [9.17, 15) is 4.79 Å². The molecule has 0 radical (unpaired) electrons. The number of hydrogen-bond acceptors (Lipinski definition) is 6. The number of nitrogens with zero attached hydrogens (tertiary/aromatic N) is 3. The zero-order valence-electron chi connectivity index (χ0n) is 15.2. The molecule has 1 aromatic carbocycles. The highest BCUT2D eigenvalue weighted by molar-refractivity contribution is 7.18. The van der Waals surface area contributed by atoms with Gasteiger partial charge in [-0.05, 0) is 42.6 Å². The van der Waals surface area contributed by atoms with Crippen molar-refractivity contribution in [1.82, 2.24) is 14.9 Å². The van der Waals surface area contributed by atoms with E-state index < -0.39 is 0 Å². The second-order valence-corrected chi connectivity index (χ2v) is 8.13. The number of carbonyl (C=O) groups is 1. The van der Waals surface area contributed by atoms with Crippen molar-refractivity contribution in [2.24, 2.45) is 0 Å². The van der Waals surface area contributed by atoms with Gasteiger partial charge in [-0.3, -0.25) is 4.79 Å². The number of fused-ring (bicyclic) bond motifs is 1. The van der Waals surface area contributed by atoms with Crippen LogP contribution in [0.15, 0.2) is 47.2 Å². The molecule has 4 rings (SSSR count). The molecule has 136 valence electrons. The lowest BCUT2D eigenvalue weighted by Gasteiger charge is -2.12. The fourth-order valence-corrected chi connectivity index (χ4v) is 4.65. The molecule has 0 saturated carbocycles. The maximum Gasteiger partial charge on any atom is 0.253 e. The summed E-state index contributed by atoms with van der Waals surface area (Å²) in [5.41, 5.74) is 2.68. The first kappa shape index (κ1) is 17.6. The van der Waals surface area contributed by atoms with Crippen LogP contribution in [-0.4, -0.2) is 34.9 Å². The molecule has 0 aliphatic heterocycles. The lowest BCUT2D eigenvalue weighted by molar-refractivity contribution is 0.0827. The SMILES string of the molecule is Cc1nc(Nc2ccc(C(=O)N(C)C)cc2)c2c(-c3cccs3)csc2n1. The average Bonchev–Trinajstić information content (AvgIpc) is 3.30. The summed E-state index contributed by atoms with van der Waals surface area (Å²) in [5, 5.41) is 8.64. The second-order valence-electron chi connectivity index (χ2n) is 6.33. The van der Waals surface area contributed by atoms with Crippen molar-refractivity contribution >= 4 is 50.3 Å². The van der Waals surface area contributed by atoms with Gasteiger partial charge in [-0.15, -0.1) is 22.7 Å². The van der Waals surface area contributed by atoms with E-state index in [-0.39, 0.29) is 5.91 Å². The number of hydrogen-bond donors (Lipinski definition) is 1. The number of carbonyl (C=O) groups excluding carboxylic acids is 1. The third-order valence-electron chi connectivity index (χ3n) is 4.13. The van der Waals surface area contributed by atoms with E-state index in [1.54, 1.807) is 41.7 Å². The number of rotatable bonds is 4. The predicted molar refractivity (Wildman–Crippen MR) is 113 cm³/mol. The first-order valence-corrected chi connectivity index (χ1v) is 10.2. The maximum absolute atomic E-state index is 12.1. The summed E-state index contributed by atoms with van der Waals surface area (Å²) < 4.78 is 0. The minimum atomic E-state index is -0.0142. The molecule has 4 aromatic rings. The van der Waals surface area contributed by atoms with Crippen LogP contribution in [0.3, 0.4) is 0 Å². The van der Waals surface area contributed by atoms with Gasteiger partial charge >= 0.3 is 0 Å². The summed E-state index contributed by atoms with van der Waals surface area (Å²) in [6.45, 7) is 1.90. The summed E-state index contributed by atoms with van der Waals surface area (Å²) in [5.74, 6) is 1.50. The zero-order valence-corrected chi connectivity index (χ0v) is 16.8. The van der Waals surface area contributed by atoms with Gasteiger partial charge in [0.15, 0.2) is 0 Å². The largest absolute Gasteiger partial charge is 0.345 e. The normalized spacial score (nSPS) is 10.9. The number of aryl methyl sites for hydroxylation is 1. The van der Waals surface area contributed by atoms with E-state index >= 15 is 0 Å². The summed E-state index contributed by atoms with van der Waals surface area (Å²) in [6, 6.07) is 11.6. The van der Waals surface area contributed by atoms with Crippen LogP contribution >= 0.6 is 22.7 Å². The number of nitrogens with one attached hydrogen (secondary N) is 1. The molecule has 5 nitrogen and oxygen atoms in total. The Bertz CT molecular complexity index is 1100. The average molecular weight is 395 g/mol. The Morgan fingerprint density at radius 2 is 1.85 bits per heavy atom. The number of anilines is 2. The van der Waals surface area contributed by atoms with Crippen LogP contribution in [0, 0.1) is 6.92 Å². The molecule has 0 spiro atoms. The fourth-order valence-electron chi connectivity index (χ4n) is 2.84. The minimum Gasteiger partial charge on any atom is -0.345 e. The Hall–Kier alpha value is -2.77. The lowest BCUT2D eigenvalue weighted by atomic mass is 10.1. The van der Waals surface area contributed by atoms with Gasteiger partial charge < -0.3 is 10.2 Å². The molecule has 0 aliphatic rings. The number of thiophene rings is 2. The summed E-state index contributed by atoms with van der Waals surface area (Å²) in [7, 11) is 3.50. The van der Waals surface area contributed by atoms with Crippen molar-refractivity contribution in [3.8, 4) is 10.4 Å². The van der Waals surface area contributed by atoms with Crippen molar-refractivity contribution in [2.45, 2.75) is 6.92 Å². The first-order valence-electron chi connectivity index (χ1n) is 8.41. The Morgan fingerprint density at radius 1 is 1.07 bits per heavy atom. The van der Waals surface area contributed by atoms with Gasteiger partial charge in [0.05, 0.1) is 5.39 Å². The molecule has 0 atom stereocenters. The molecule has 1 N–H and O–H groups in total. The van der Waals surface area contributed by atoms with Gasteiger partial charge in [-0.25, -0.2) is 9.97 Å². The summed E-state index contributed by atoms with van der Waals surface area (Å²) >= 11 is 3.33. The fraction of sp³-hybridized carbons (Fsp3) is 0.150. The van der Waals surface area contributed by atoms with E-state index in [0.717, 1.165) is 33.1 Å². The molecular formula is C20H18N4OS2. The minimum absolute atomic E-state index is 0.0142. The molecule has 0 fully saturated rings. The molecule has 27 heavy (non-hydrogen) atoms. The van der Waals surface area contributed by atoms with Crippen LogP contribution in [-0.2, 0) is 0 Å². The smallest absolute Gasteiger partial charge is 0.253 e. The third-order valence-corrected chi connectivity index (χ3v) is 5.91. The van der Waals surface area contributed by atoms with Crippen LogP contribution in [0.2, 0.25) is 0 Å². The van der Waals surface area contributed by atoms with Crippen molar-refractivity contribution in [2.75, 3.05) is 19.4 Å². The van der Waals surface area contributed by atoms with Crippen molar-refractivity contribution in [3.05, 3.63) is 58.5 Å². The zero-order chi connectivity index (χ0) is 19.0. The van der Waals surface area contributed by atoms with E-state index in [4.69, 9.17) is 0 Å². The van der Waals surface area contributed by atoms with Crippen molar-refractivity contribution in [3.63, 3.8) is 0 Å². The molecule has 0 unspecified atom stereocenters. The number of benzene rings is 1. The van der Waals surface area contributed by atoms with E-state index in [1.165, 1.54) is 4.88 Å². The van der Waals surface area contributed by atoms with Gasteiger partial charge in [-0.2, -0.15) is 0 Å². The van der Waals surface area contributed by atoms with Gasteiger partial charge in [-0.1, -0.05) is 6.07 Å². The number of amides is 1. The molecule has 0 aliphatic carbocycles. The van der Waals surface area contributed by atoms with Gasteiger partial charge in [0, 0.05) is 41.2 Å². The van der Waals surface area contributed by atoms with E-state index in [0.29, 0.717) is 5.56 Å². The topological polar surface area (TPSA) is 58.1 Å². The van der Waals surface area contributed by atoms with E-state index in [1.807, 2.05) is 37.3 Å². The Kier molecular flexibility index (Phi) is 4.63. The molecule has 1 amide bonds. The summed E-state index contributed by atoms with van der Waals surface area (Å²) in [6.07, 6.45) is 0. The standard InChI is InChI=1S/C20H18N4OS2/c1-12-21-18(23-14-8-6-13(7-9-14)20(25)24(2)3)17-15(11-27-19(17)22-12)16-5-4-10-26-16/h4-11H,1-3H3,(H,21,22,23). The maximum atomic E-state index is 12.1. The van der Waals surface area contributed by atoms with Crippen LogP contribution in [0.4, 0.5) is 11.5 Å². The molecule has 3 aromatic heterocycles. The monoisotopic (exact) mass is 394 g/mol. The highest BCUT2D eigenvalue weighted by Crippen LogP contribution is 2.39. The molecule has 3 heterocycles. The van der Waals surface area contributed by atoms with Crippen molar-refractivity contribution < 1.29 is 4.79 Å². The van der Waals surface area contributed by atoms with Crippen LogP contribution in [0.1, 0.15) is 16.2 Å². The molecule has 0 saturated heterocycles. The quantitative estimate of drug-likeness (QED) is 0.518. The van der Waals surface area contributed by atoms with Gasteiger partial charge in [0.1, 0.15) is 16.5 Å². The van der Waals surface area contributed by atoms with Gasteiger partial charge in [0.25, 0.3) is 5.91 Å². The van der Waals surface area contributed by atoms with Crippen LogP contribution in [0.5, 0.6) is 0 Å². The van der Waals surface area contributed by atoms with Crippen LogP contribution in [0.25, 0.3) is 20.7 Å².